The predicted molar refractivity (Wildman–Crippen MR) is 80.9 cm³/mol. The summed E-state index contributed by atoms with van der Waals surface area (Å²) in [6.45, 7) is 1.11. The van der Waals surface area contributed by atoms with Crippen molar-refractivity contribution in [3.8, 4) is 0 Å². The van der Waals surface area contributed by atoms with Gasteiger partial charge in [0, 0.05) is 22.9 Å². The minimum Gasteiger partial charge on any atom is -0.369 e. The number of hydrogen-bond donors (Lipinski definition) is 2. The second-order valence-electron chi connectivity index (χ2n) is 4.84. The number of piperidine rings is 1. The third kappa shape index (κ3) is 4.00. The van der Waals surface area contributed by atoms with E-state index in [0.29, 0.717) is 30.4 Å². The quantitative estimate of drug-likeness (QED) is 0.756. The number of aromatic nitrogens is 1. The van der Waals surface area contributed by atoms with Gasteiger partial charge in [0.05, 0.1) is 6.54 Å². The van der Waals surface area contributed by atoms with Gasteiger partial charge < -0.3 is 11.1 Å². The van der Waals surface area contributed by atoms with Gasteiger partial charge in [-0.1, -0.05) is 0 Å². The van der Waals surface area contributed by atoms with Crippen molar-refractivity contribution in [3.05, 3.63) is 22.9 Å². The molecule has 1 fully saturated rings. The number of sulfonamides is 1. The summed E-state index contributed by atoms with van der Waals surface area (Å²) in [6.07, 6.45) is 4.07. The topological polar surface area (TPSA) is 105 Å². The summed E-state index contributed by atoms with van der Waals surface area (Å²) in [7, 11) is -3.81. The van der Waals surface area contributed by atoms with Crippen LogP contribution in [-0.2, 0) is 14.8 Å². The molecule has 0 atom stereocenters. The monoisotopic (exact) mass is 376 g/mol. The highest BCUT2D eigenvalue weighted by atomic mass is 79.9. The number of nitrogens with zero attached hydrogens (tertiary/aromatic N) is 2. The highest BCUT2D eigenvalue weighted by Crippen LogP contribution is 2.23. The molecular formula is C12H17BrN4O3S. The molecule has 0 unspecified atom stereocenters. The SMILES string of the molecule is NC(=O)CN(C1CCNCC1)S(=O)(=O)c1cncc(Br)c1. The van der Waals surface area contributed by atoms with Crippen LogP contribution in [0.2, 0.25) is 0 Å². The number of pyridine rings is 1. The van der Waals surface area contributed by atoms with Crippen LogP contribution < -0.4 is 11.1 Å². The predicted octanol–water partition coefficient (Wildman–Crippen LogP) is 0.0721. The molecule has 2 heterocycles. The van der Waals surface area contributed by atoms with Crippen molar-refractivity contribution >= 4 is 31.9 Å². The molecule has 0 aliphatic carbocycles. The van der Waals surface area contributed by atoms with E-state index in [2.05, 4.69) is 26.2 Å². The zero-order valence-corrected chi connectivity index (χ0v) is 13.7. The second-order valence-corrected chi connectivity index (χ2v) is 7.64. The third-order valence-corrected chi connectivity index (χ3v) is 5.61. The van der Waals surface area contributed by atoms with Gasteiger partial charge in [-0.25, -0.2) is 8.42 Å². The van der Waals surface area contributed by atoms with E-state index in [1.54, 1.807) is 0 Å². The molecule has 3 N–H and O–H groups in total. The number of hydrogen-bond acceptors (Lipinski definition) is 5. The van der Waals surface area contributed by atoms with E-state index in [4.69, 9.17) is 5.73 Å². The number of nitrogens with one attached hydrogen (secondary N) is 1. The summed E-state index contributed by atoms with van der Waals surface area (Å²) in [5, 5.41) is 3.17. The highest BCUT2D eigenvalue weighted by Gasteiger charge is 2.33. The van der Waals surface area contributed by atoms with Gasteiger partial charge in [0.1, 0.15) is 4.90 Å². The normalized spacial score (nSPS) is 17.0. The molecule has 0 saturated carbocycles. The molecule has 1 amide bonds. The van der Waals surface area contributed by atoms with Crippen LogP contribution in [0.5, 0.6) is 0 Å². The Morgan fingerprint density at radius 1 is 1.43 bits per heavy atom. The summed E-state index contributed by atoms with van der Waals surface area (Å²) in [5.74, 6) is -0.667. The lowest BCUT2D eigenvalue weighted by Gasteiger charge is -2.32. The lowest BCUT2D eigenvalue weighted by molar-refractivity contribution is -0.118. The summed E-state index contributed by atoms with van der Waals surface area (Å²) < 4.78 is 27.3. The first-order valence-electron chi connectivity index (χ1n) is 6.52. The van der Waals surface area contributed by atoms with E-state index >= 15 is 0 Å². The Labute approximate surface area is 132 Å². The van der Waals surface area contributed by atoms with Gasteiger partial charge in [-0.2, -0.15) is 4.31 Å². The fourth-order valence-corrected chi connectivity index (χ4v) is 4.49. The average Bonchev–Trinajstić information content (AvgIpc) is 2.45. The van der Waals surface area contributed by atoms with Crippen molar-refractivity contribution in [2.24, 2.45) is 5.73 Å². The van der Waals surface area contributed by atoms with Crippen molar-refractivity contribution in [1.82, 2.24) is 14.6 Å². The van der Waals surface area contributed by atoms with Gasteiger partial charge in [-0.3, -0.25) is 9.78 Å². The molecule has 7 nitrogen and oxygen atoms in total. The molecule has 9 heteroatoms. The molecule has 21 heavy (non-hydrogen) atoms. The molecule has 116 valence electrons. The summed E-state index contributed by atoms with van der Waals surface area (Å²) in [5.41, 5.74) is 5.22. The molecule has 0 radical (unpaired) electrons. The first-order valence-corrected chi connectivity index (χ1v) is 8.76. The van der Waals surface area contributed by atoms with Crippen LogP contribution in [0.4, 0.5) is 0 Å². The van der Waals surface area contributed by atoms with E-state index in [9.17, 15) is 13.2 Å². The third-order valence-electron chi connectivity index (χ3n) is 3.31. The second kappa shape index (κ2) is 6.82. The number of carbonyl (C=O) groups excluding carboxylic acids is 1. The van der Waals surface area contributed by atoms with Gasteiger partial charge in [0.15, 0.2) is 0 Å². The number of halogens is 1. The van der Waals surface area contributed by atoms with Crippen LogP contribution in [0.3, 0.4) is 0 Å². The molecule has 1 aromatic heterocycles. The fourth-order valence-electron chi connectivity index (χ4n) is 2.33. The Hall–Kier alpha value is -1.03. The highest BCUT2D eigenvalue weighted by molar-refractivity contribution is 9.10. The van der Waals surface area contributed by atoms with Gasteiger partial charge in [0.25, 0.3) is 0 Å². The van der Waals surface area contributed by atoms with Gasteiger partial charge in [-0.05, 0) is 47.9 Å². The van der Waals surface area contributed by atoms with Gasteiger partial charge in [0.2, 0.25) is 15.9 Å². The Balaban J connectivity index is 2.36. The van der Waals surface area contributed by atoms with Gasteiger partial charge in [-0.15, -0.1) is 0 Å². The summed E-state index contributed by atoms with van der Waals surface area (Å²) in [6, 6.07) is 1.24. The standard InChI is InChI=1S/C12H17BrN4O3S/c13-9-5-11(7-16-6-9)21(19,20)17(8-12(14)18)10-1-3-15-4-2-10/h5-7,10,15H,1-4,8H2,(H2,14,18). The smallest absolute Gasteiger partial charge is 0.245 e. The maximum Gasteiger partial charge on any atom is 0.245 e. The van der Waals surface area contributed by atoms with Crippen molar-refractivity contribution in [1.29, 1.82) is 0 Å². The number of amides is 1. The first kappa shape index (κ1) is 16.3. The Morgan fingerprint density at radius 2 is 2.10 bits per heavy atom. The Kier molecular flexibility index (Phi) is 5.31. The molecule has 1 aliphatic rings. The number of nitrogens with two attached hydrogens (primary N) is 1. The van der Waals surface area contributed by atoms with E-state index in [-0.39, 0.29) is 17.5 Å². The van der Waals surface area contributed by atoms with Crippen molar-refractivity contribution in [3.63, 3.8) is 0 Å². The maximum absolute atomic E-state index is 12.8. The van der Waals surface area contributed by atoms with Crippen LogP contribution in [0, 0.1) is 0 Å². The first-order chi connectivity index (χ1) is 9.91. The average molecular weight is 377 g/mol. The molecule has 1 aromatic rings. The Bertz CT molecular complexity index is 617. The van der Waals surface area contributed by atoms with E-state index < -0.39 is 15.9 Å². The fraction of sp³-hybridized carbons (Fsp3) is 0.500. The van der Waals surface area contributed by atoms with Crippen molar-refractivity contribution in [2.45, 2.75) is 23.8 Å². The lowest BCUT2D eigenvalue weighted by atomic mass is 10.1. The number of rotatable bonds is 5. The minimum absolute atomic E-state index is 0.0525. The van der Waals surface area contributed by atoms with E-state index in [1.807, 2.05) is 0 Å². The zero-order chi connectivity index (χ0) is 15.5. The largest absolute Gasteiger partial charge is 0.369 e. The van der Waals surface area contributed by atoms with Crippen molar-refractivity contribution in [2.75, 3.05) is 19.6 Å². The number of carbonyl (C=O) groups is 1. The van der Waals surface area contributed by atoms with E-state index in [1.165, 1.54) is 22.8 Å². The summed E-state index contributed by atoms with van der Waals surface area (Å²) in [4.78, 5) is 15.2. The van der Waals surface area contributed by atoms with Crippen LogP contribution in [-0.4, -0.2) is 49.3 Å². The molecule has 2 rings (SSSR count). The zero-order valence-electron chi connectivity index (χ0n) is 11.3. The van der Waals surface area contributed by atoms with Crippen LogP contribution in [0.15, 0.2) is 27.8 Å². The Morgan fingerprint density at radius 3 is 2.67 bits per heavy atom. The molecule has 1 aliphatic heterocycles. The molecular weight excluding hydrogens is 360 g/mol. The molecule has 1 saturated heterocycles. The van der Waals surface area contributed by atoms with Crippen LogP contribution >= 0.6 is 15.9 Å². The molecule has 0 spiro atoms. The van der Waals surface area contributed by atoms with Crippen LogP contribution in [0.1, 0.15) is 12.8 Å². The molecule has 0 aromatic carbocycles. The maximum atomic E-state index is 12.8. The van der Waals surface area contributed by atoms with E-state index in [0.717, 1.165) is 0 Å². The number of primary amides is 1. The van der Waals surface area contributed by atoms with Crippen LogP contribution in [0.25, 0.3) is 0 Å². The van der Waals surface area contributed by atoms with Crippen molar-refractivity contribution < 1.29 is 13.2 Å². The lowest BCUT2D eigenvalue weighted by Crippen LogP contribution is -2.49. The minimum atomic E-state index is -3.81. The summed E-state index contributed by atoms with van der Waals surface area (Å²) >= 11 is 3.20. The van der Waals surface area contributed by atoms with Gasteiger partial charge >= 0.3 is 0 Å². The molecule has 0 bridgehead atoms.